The zero-order valence-electron chi connectivity index (χ0n) is 17.1. The molecule has 0 spiro atoms. The molecule has 2 aromatic carbocycles. The lowest BCUT2D eigenvalue weighted by Crippen LogP contribution is -2.36. The van der Waals surface area contributed by atoms with E-state index in [0.717, 1.165) is 36.0 Å². The number of carbonyl (C=O) groups is 1. The molecule has 3 unspecified atom stereocenters. The lowest BCUT2D eigenvalue weighted by molar-refractivity contribution is -0.132. The zero-order chi connectivity index (χ0) is 21.3. The molecule has 2 aliphatic rings. The summed E-state index contributed by atoms with van der Waals surface area (Å²) in [5.74, 6) is -0.139. The predicted octanol–water partition coefficient (Wildman–Crippen LogP) is 3.53. The number of likely N-dealkylation sites (tertiary alicyclic amines) is 1. The number of benzene rings is 2. The van der Waals surface area contributed by atoms with Crippen LogP contribution in [-0.4, -0.2) is 44.6 Å². The second-order valence-electron chi connectivity index (χ2n) is 8.39. The first-order valence-electron chi connectivity index (χ1n) is 10.4. The molecule has 160 valence electrons. The van der Waals surface area contributed by atoms with E-state index in [4.69, 9.17) is 0 Å². The van der Waals surface area contributed by atoms with E-state index in [9.17, 15) is 17.6 Å². The molecule has 4 rings (SSSR count). The summed E-state index contributed by atoms with van der Waals surface area (Å²) in [6.07, 6.45) is 4.08. The summed E-state index contributed by atoms with van der Waals surface area (Å²) in [4.78, 5) is 15.0. The maximum atomic E-state index is 13.9. The van der Waals surface area contributed by atoms with Gasteiger partial charge in [0, 0.05) is 25.0 Å². The quantitative estimate of drug-likeness (QED) is 0.789. The smallest absolute Gasteiger partial charge is 0.226 e. The van der Waals surface area contributed by atoms with Gasteiger partial charge in [-0.05, 0) is 60.4 Å². The lowest BCUT2D eigenvalue weighted by atomic mass is 9.95. The standard InChI is InChI=1S/C23H27FN2O3S/c1-30(28,29)25-18-8-5-12-26(13-11-18)23(27)22-15-21(22)19-10-9-17(24)14-20(19)16-6-3-2-4-7-16/h2-4,6-7,9-10,14,18,21-22,25H,5,8,11-13,15H2,1H3. The molecule has 3 atom stereocenters. The van der Waals surface area contributed by atoms with Crippen LogP contribution in [0.1, 0.15) is 37.2 Å². The van der Waals surface area contributed by atoms with Gasteiger partial charge in [0.15, 0.2) is 0 Å². The van der Waals surface area contributed by atoms with Crippen molar-refractivity contribution in [2.75, 3.05) is 19.3 Å². The molecule has 0 radical (unpaired) electrons. The Kier molecular flexibility index (Phi) is 5.93. The monoisotopic (exact) mass is 430 g/mol. The van der Waals surface area contributed by atoms with Crippen LogP contribution >= 0.6 is 0 Å². The second kappa shape index (κ2) is 8.47. The van der Waals surface area contributed by atoms with Crippen LogP contribution < -0.4 is 4.72 Å². The van der Waals surface area contributed by atoms with Gasteiger partial charge in [0.1, 0.15) is 5.82 Å². The number of carbonyl (C=O) groups excluding carboxylic acids is 1. The minimum atomic E-state index is -3.25. The predicted molar refractivity (Wildman–Crippen MR) is 115 cm³/mol. The van der Waals surface area contributed by atoms with Crippen LogP contribution in [-0.2, 0) is 14.8 Å². The molecule has 5 nitrogen and oxygen atoms in total. The summed E-state index contributed by atoms with van der Waals surface area (Å²) in [5.41, 5.74) is 2.83. The molecule has 1 saturated carbocycles. The third kappa shape index (κ3) is 4.90. The van der Waals surface area contributed by atoms with Crippen molar-refractivity contribution in [3.63, 3.8) is 0 Å². The van der Waals surface area contributed by atoms with E-state index >= 15 is 0 Å². The number of nitrogens with zero attached hydrogens (tertiary/aromatic N) is 1. The topological polar surface area (TPSA) is 66.5 Å². The molecule has 7 heteroatoms. The van der Waals surface area contributed by atoms with E-state index < -0.39 is 10.0 Å². The van der Waals surface area contributed by atoms with Gasteiger partial charge in [-0.3, -0.25) is 4.79 Å². The van der Waals surface area contributed by atoms with E-state index in [-0.39, 0.29) is 29.6 Å². The normalized spacial score (nSPS) is 24.3. The van der Waals surface area contributed by atoms with Crippen molar-refractivity contribution < 1.29 is 17.6 Å². The molecule has 2 aromatic rings. The van der Waals surface area contributed by atoms with Gasteiger partial charge in [-0.2, -0.15) is 0 Å². The fourth-order valence-electron chi connectivity index (χ4n) is 4.50. The Labute approximate surface area is 177 Å². The highest BCUT2D eigenvalue weighted by molar-refractivity contribution is 7.88. The average Bonchev–Trinajstić information content (AvgIpc) is 3.51. The maximum Gasteiger partial charge on any atom is 0.226 e. The Bertz CT molecular complexity index is 1030. The van der Waals surface area contributed by atoms with Gasteiger partial charge < -0.3 is 4.90 Å². The van der Waals surface area contributed by atoms with Crippen LogP contribution in [0.15, 0.2) is 48.5 Å². The van der Waals surface area contributed by atoms with Crippen molar-refractivity contribution in [1.29, 1.82) is 0 Å². The molecule has 1 aliphatic carbocycles. The van der Waals surface area contributed by atoms with Gasteiger partial charge >= 0.3 is 0 Å². The van der Waals surface area contributed by atoms with Crippen molar-refractivity contribution in [3.05, 3.63) is 59.9 Å². The van der Waals surface area contributed by atoms with Crippen LogP contribution in [0, 0.1) is 11.7 Å². The zero-order valence-corrected chi connectivity index (χ0v) is 17.9. The molecule has 1 heterocycles. The Hall–Kier alpha value is -2.25. The van der Waals surface area contributed by atoms with Crippen LogP contribution in [0.5, 0.6) is 0 Å². The minimum Gasteiger partial charge on any atom is -0.342 e. The van der Waals surface area contributed by atoms with Crippen LogP contribution in [0.2, 0.25) is 0 Å². The first-order valence-corrected chi connectivity index (χ1v) is 12.3. The summed E-state index contributed by atoms with van der Waals surface area (Å²) < 4.78 is 39.6. The number of halogens is 1. The van der Waals surface area contributed by atoms with E-state index in [1.165, 1.54) is 12.3 Å². The molecule has 1 amide bonds. The first-order chi connectivity index (χ1) is 14.3. The van der Waals surface area contributed by atoms with Crippen molar-refractivity contribution in [2.24, 2.45) is 5.92 Å². The molecule has 1 saturated heterocycles. The van der Waals surface area contributed by atoms with Crippen molar-refractivity contribution in [3.8, 4) is 11.1 Å². The molecule has 1 aliphatic heterocycles. The van der Waals surface area contributed by atoms with Gasteiger partial charge in [-0.1, -0.05) is 36.4 Å². The highest BCUT2D eigenvalue weighted by atomic mass is 32.2. The number of amides is 1. The molecular weight excluding hydrogens is 403 g/mol. The van der Waals surface area contributed by atoms with Crippen LogP contribution in [0.3, 0.4) is 0 Å². The van der Waals surface area contributed by atoms with E-state index in [1.807, 2.05) is 41.3 Å². The fraction of sp³-hybridized carbons (Fsp3) is 0.435. The van der Waals surface area contributed by atoms with Crippen LogP contribution in [0.4, 0.5) is 4.39 Å². The largest absolute Gasteiger partial charge is 0.342 e. The molecular formula is C23H27FN2O3S. The van der Waals surface area contributed by atoms with Gasteiger partial charge in [0.25, 0.3) is 0 Å². The highest BCUT2D eigenvalue weighted by Gasteiger charge is 2.46. The number of nitrogens with one attached hydrogen (secondary N) is 1. The highest BCUT2D eigenvalue weighted by Crippen LogP contribution is 2.51. The fourth-order valence-corrected chi connectivity index (χ4v) is 5.34. The molecule has 0 aromatic heterocycles. The van der Waals surface area contributed by atoms with Gasteiger partial charge in [-0.25, -0.2) is 17.5 Å². The van der Waals surface area contributed by atoms with Gasteiger partial charge in [-0.15, -0.1) is 0 Å². The van der Waals surface area contributed by atoms with Gasteiger partial charge in [0.2, 0.25) is 15.9 Å². The van der Waals surface area contributed by atoms with Crippen molar-refractivity contribution in [2.45, 2.75) is 37.6 Å². The summed E-state index contributed by atoms with van der Waals surface area (Å²) in [6, 6.07) is 14.4. The Morgan fingerprint density at radius 2 is 1.87 bits per heavy atom. The summed E-state index contributed by atoms with van der Waals surface area (Å²) >= 11 is 0. The maximum absolute atomic E-state index is 13.9. The summed E-state index contributed by atoms with van der Waals surface area (Å²) in [6.45, 7) is 1.21. The lowest BCUT2D eigenvalue weighted by Gasteiger charge is -2.21. The first kappa shape index (κ1) is 21.0. The second-order valence-corrected chi connectivity index (χ2v) is 10.2. The third-order valence-corrected chi connectivity index (χ3v) is 6.79. The van der Waals surface area contributed by atoms with E-state index in [2.05, 4.69) is 4.72 Å². The van der Waals surface area contributed by atoms with E-state index in [0.29, 0.717) is 19.5 Å². The molecule has 1 N–H and O–H groups in total. The number of rotatable bonds is 5. The SMILES string of the molecule is CS(=O)(=O)NC1CCCN(C(=O)C2CC2c2ccc(F)cc2-c2ccccc2)CC1. The summed E-state index contributed by atoms with van der Waals surface area (Å²) in [5, 5.41) is 0. The third-order valence-electron chi connectivity index (χ3n) is 6.03. The minimum absolute atomic E-state index is 0.0858. The van der Waals surface area contributed by atoms with E-state index in [1.54, 1.807) is 6.07 Å². The van der Waals surface area contributed by atoms with Crippen LogP contribution in [0.25, 0.3) is 11.1 Å². The number of hydrogen-bond acceptors (Lipinski definition) is 3. The number of sulfonamides is 1. The van der Waals surface area contributed by atoms with Gasteiger partial charge in [0.05, 0.1) is 6.26 Å². The van der Waals surface area contributed by atoms with Crippen molar-refractivity contribution >= 4 is 15.9 Å². The molecule has 30 heavy (non-hydrogen) atoms. The summed E-state index contributed by atoms with van der Waals surface area (Å²) in [7, 11) is -3.25. The molecule has 2 fully saturated rings. The van der Waals surface area contributed by atoms with Crippen molar-refractivity contribution in [1.82, 2.24) is 9.62 Å². The Balaban J connectivity index is 1.46. The number of hydrogen-bond donors (Lipinski definition) is 1. The Morgan fingerprint density at radius 1 is 1.10 bits per heavy atom. The Morgan fingerprint density at radius 3 is 2.60 bits per heavy atom. The average molecular weight is 431 g/mol. The molecule has 0 bridgehead atoms.